The van der Waals surface area contributed by atoms with Crippen molar-refractivity contribution in [2.45, 2.75) is 77.4 Å². The standard InChI is InChI=1S/C17H31NO/c1-12(18-5-4-16(2,3)19)17-9-13-6-14(10-17)8-15(7-13)11-17/h12-15,18-19H,4-11H2,1-3H3. The monoisotopic (exact) mass is 265 g/mol. The van der Waals surface area contributed by atoms with Gasteiger partial charge in [0.25, 0.3) is 0 Å². The summed E-state index contributed by atoms with van der Waals surface area (Å²) in [5.41, 5.74) is 0.0581. The maximum absolute atomic E-state index is 9.82. The van der Waals surface area contributed by atoms with Crippen molar-refractivity contribution in [3.63, 3.8) is 0 Å². The van der Waals surface area contributed by atoms with Crippen molar-refractivity contribution in [2.75, 3.05) is 6.54 Å². The highest BCUT2D eigenvalue weighted by Gasteiger charge is 2.52. The van der Waals surface area contributed by atoms with Gasteiger partial charge in [0.15, 0.2) is 0 Å². The molecule has 0 heterocycles. The molecular weight excluding hydrogens is 234 g/mol. The Labute approximate surface area is 118 Å². The Morgan fingerprint density at radius 1 is 1.11 bits per heavy atom. The predicted molar refractivity (Wildman–Crippen MR) is 79.0 cm³/mol. The van der Waals surface area contributed by atoms with Crippen LogP contribution in [0.2, 0.25) is 0 Å². The van der Waals surface area contributed by atoms with E-state index in [1.165, 1.54) is 38.5 Å². The molecule has 2 heteroatoms. The predicted octanol–water partition coefficient (Wildman–Crippen LogP) is 3.34. The molecule has 0 aromatic heterocycles. The molecule has 1 unspecified atom stereocenters. The van der Waals surface area contributed by atoms with Gasteiger partial charge in [-0.25, -0.2) is 0 Å². The summed E-state index contributed by atoms with van der Waals surface area (Å²) in [4.78, 5) is 0. The normalized spacial score (nSPS) is 42.6. The number of aliphatic hydroxyl groups is 1. The summed E-state index contributed by atoms with van der Waals surface area (Å²) in [6.07, 6.45) is 9.83. The molecular formula is C17H31NO. The Kier molecular flexibility index (Phi) is 3.46. The highest BCUT2D eigenvalue weighted by molar-refractivity contribution is 5.05. The van der Waals surface area contributed by atoms with Crippen LogP contribution in [0.15, 0.2) is 0 Å². The summed E-state index contributed by atoms with van der Waals surface area (Å²) in [5.74, 6) is 3.10. The molecule has 0 saturated heterocycles. The summed E-state index contributed by atoms with van der Waals surface area (Å²) in [5, 5.41) is 13.6. The molecule has 0 aromatic rings. The van der Waals surface area contributed by atoms with Gasteiger partial charge in [0.05, 0.1) is 5.60 Å². The van der Waals surface area contributed by atoms with E-state index in [1.54, 1.807) is 0 Å². The molecule has 0 spiro atoms. The fourth-order valence-corrected chi connectivity index (χ4v) is 5.52. The van der Waals surface area contributed by atoms with Gasteiger partial charge in [0.1, 0.15) is 0 Å². The zero-order chi connectivity index (χ0) is 13.7. The van der Waals surface area contributed by atoms with Crippen LogP contribution in [0.5, 0.6) is 0 Å². The molecule has 110 valence electrons. The van der Waals surface area contributed by atoms with E-state index in [-0.39, 0.29) is 0 Å². The smallest absolute Gasteiger partial charge is 0.0603 e. The van der Waals surface area contributed by atoms with Crippen molar-refractivity contribution in [3.05, 3.63) is 0 Å². The summed E-state index contributed by atoms with van der Waals surface area (Å²) < 4.78 is 0. The number of rotatable bonds is 5. The van der Waals surface area contributed by atoms with E-state index in [0.717, 1.165) is 30.7 Å². The molecule has 0 aliphatic heterocycles. The maximum Gasteiger partial charge on any atom is 0.0603 e. The first-order chi connectivity index (χ1) is 8.86. The highest BCUT2D eigenvalue weighted by atomic mass is 16.3. The van der Waals surface area contributed by atoms with Crippen LogP contribution in [-0.4, -0.2) is 23.3 Å². The fourth-order valence-electron chi connectivity index (χ4n) is 5.52. The third-order valence-electron chi connectivity index (χ3n) is 6.19. The quantitative estimate of drug-likeness (QED) is 0.799. The van der Waals surface area contributed by atoms with Gasteiger partial charge in [-0.3, -0.25) is 0 Å². The third-order valence-corrected chi connectivity index (χ3v) is 6.19. The van der Waals surface area contributed by atoms with Gasteiger partial charge in [-0.2, -0.15) is 0 Å². The zero-order valence-corrected chi connectivity index (χ0v) is 12.9. The Morgan fingerprint density at radius 3 is 2.00 bits per heavy atom. The van der Waals surface area contributed by atoms with E-state index >= 15 is 0 Å². The van der Waals surface area contributed by atoms with Crippen molar-refractivity contribution in [3.8, 4) is 0 Å². The lowest BCUT2D eigenvalue weighted by molar-refractivity contribution is -0.0710. The summed E-state index contributed by atoms with van der Waals surface area (Å²) in [6, 6.07) is 0.628. The lowest BCUT2D eigenvalue weighted by Gasteiger charge is -2.59. The second-order valence-corrected chi connectivity index (χ2v) is 8.52. The minimum atomic E-state index is -0.534. The summed E-state index contributed by atoms with van der Waals surface area (Å²) in [7, 11) is 0. The number of hydrogen-bond donors (Lipinski definition) is 2. The first-order valence-corrected chi connectivity index (χ1v) is 8.32. The summed E-state index contributed by atoms with van der Waals surface area (Å²) >= 11 is 0. The van der Waals surface area contributed by atoms with Gasteiger partial charge < -0.3 is 10.4 Å². The largest absolute Gasteiger partial charge is 0.390 e. The first-order valence-electron chi connectivity index (χ1n) is 8.32. The molecule has 4 aliphatic carbocycles. The average molecular weight is 265 g/mol. The van der Waals surface area contributed by atoms with Crippen molar-refractivity contribution in [1.82, 2.24) is 5.32 Å². The molecule has 19 heavy (non-hydrogen) atoms. The van der Waals surface area contributed by atoms with Crippen molar-refractivity contribution < 1.29 is 5.11 Å². The fraction of sp³-hybridized carbons (Fsp3) is 1.00. The molecule has 1 atom stereocenters. The van der Waals surface area contributed by atoms with Crippen LogP contribution in [0.25, 0.3) is 0 Å². The summed E-state index contributed by atoms with van der Waals surface area (Å²) in [6.45, 7) is 7.16. The number of hydrogen-bond acceptors (Lipinski definition) is 2. The van der Waals surface area contributed by atoms with Gasteiger partial charge in [-0.05, 0) is 95.4 Å². The van der Waals surface area contributed by atoms with Gasteiger partial charge >= 0.3 is 0 Å². The highest BCUT2D eigenvalue weighted by Crippen LogP contribution is 2.61. The second kappa shape index (κ2) is 4.73. The van der Waals surface area contributed by atoms with Gasteiger partial charge in [-0.15, -0.1) is 0 Å². The SMILES string of the molecule is CC(NCCC(C)(C)O)C12CC3CC(CC(C3)C1)C2. The lowest BCUT2D eigenvalue weighted by atomic mass is 9.48. The molecule has 2 nitrogen and oxygen atoms in total. The molecule has 4 aliphatic rings. The van der Waals surface area contributed by atoms with Crippen LogP contribution in [0.3, 0.4) is 0 Å². The van der Waals surface area contributed by atoms with Crippen LogP contribution < -0.4 is 5.32 Å². The Morgan fingerprint density at radius 2 is 1.58 bits per heavy atom. The molecule has 0 amide bonds. The Hall–Kier alpha value is -0.0800. The zero-order valence-electron chi connectivity index (χ0n) is 12.9. The molecule has 0 aromatic carbocycles. The van der Waals surface area contributed by atoms with E-state index in [0.29, 0.717) is 11.5 Å². The minimum absolute atomic E-state index is 0.534. The third kappa shape index (κ3) is 2.85. The van der Waals surface area contributed by atoms with Gasteiger partial charge in [0.2, 0.25) is 0 Å². The minimum Gasteiger partial charge on any atom is -0.390 e. The molecule has 4 saturated carbocycles. The van der Waals surface area contributed by atoms with Crippen molar-refractivity contribution >= 4 is 0 Å². The molecule has 4 bridgehead atoms. The van der Waals surface area contributed by atoms with E-state index in [2.05, 4.69) is 12.2 Å². The maximum atomic E-state index is 9.82. The van der Waals surface area contributed by atoms with Crippen molar-refractivity contribution in [1.29, 1.82) is 0 Å². The van der Waals surface area contributed by atoms with Gasteiger partial charge in [0, 0.05) is 6.04 Å². The molecule has 2 N–H and O–H groups in total. The molecule has 4 fully saturated rings. The lowest BCUT2D eigenvalue weighted by Crippen LogP contribution is -2.55. The average Bonchev–Trinajstić information content (AvgIpc) is 2.25. The van der Waals surface area contributed by atoms with Crippen molar-refractivity contribution in [2.24, 2.45) is 23.2 Å². The first kappa shape index (κ1) is 13.9. The van der Waals surface area contributed by atoms with Crippen LogP contribution in [0.4, 0.5) is 0 Å². The topological polar surface area (TPSA) is 32.3 Å². The molecule has 4 rings (SSSR count). The Bertz CT molecular complexity index is 295. The van der Waals surface area contributed by atoms with Crippen LogP contribution in [0.1, 0.15) is 65.7 Å². The number of nitrogens with one attached hydrogen (secondary N) is 1. The van der Waals surface area contributed by atoms with Crippen LogP contribution in [0, 0.1) is 23.2 Å². The second-order valence-electron chi connectivity index (χ2n) is 8.52. The van der Waals surface area contributed by atoms with Gasteiger partial charge in [-0.1, -0.05) is 0 Å². The van der Waals surface area contributed by atoms with Crippen LogP contribution >= 0.6 is 0 Å². The van der Waals surface area contributed by atoms with E-state index < -0.39 is 5.60 Å². The van der Waals surface area contributed by atoms with E-state index in [4.69, 9.17) is 0 Å². The van der Waals surface area contributed by atoms with E-state index in [9.17, 15) is 5.11 Å². The van der Waals surface area contributed by atoms with E-state index in [1.807, 2.05) is 13.8 Å². The molecule has 0 radical (unpaired) electrons. The van der Waals surface area contributed by atoms with Crippen LogP contribution in [-0.2, 0) is 0 Å². The Balaban J connectivity index is 1.58.